The molecule has 0 aliphatic rings. The predicted octanol–water partition coefficient (Wildman–Crippen LogP) is 4.13. The van der Waals surface area contributed by atoms with Crippen molar-refractivity contribution in [2.75, 3.05) is 7.11 Å². The van der Waals surface area contributed by atoms with E-state index < -0.39 is 10.1 Å². The van der Waals surface area contributed by atoms with E-state index in [1.165, 1.54) is 19.2 Å². The molecule has 0 spiro atoms. The van der Waals surface area contributed by atoms with Crippen LogP contribution in [-0.4, -0.2) is 15.5 Å². The molecule has 0 aliphatic heterocycles. The Bertz CT molecular complexity index is 917. The second-order valence-corrected chi connectivity index (χ2v) is 6.62. The van der Waals surface area contributed by atoms with Gasteiger partial charge < -0.3 is 8.92 Å². The molecule has 0 radical (unpaired) electrons. The summed E-state index contributed by atoms with van der Waals surface area (Å²) in [6.45, 7) is 0. The van der Waals surface area contributed by atoms with Crippen molar-refractivity contribution >= 4 is 10.1 Å². The van der Waals surface area contributed by atoms with Gasteiger partial charge in [-0.1, -0.05) is 48.5 Å². The van der Waals surface area contributed by atoms with E-state index in [0.29, 0.717) is 11.5 Å². The number of hydrogen-bond acceptors (Lipinski definition) is 4. The largest absolute Gasteiger partial charge is 0.497 e. The predicted molar refractivity (Wildman–Crippen MR) is 92.7 cm³/mol. The maximum absolute atomic E-state index is 12.5. The molecule has 0 unspecified atom stereocenters. The molecule has 0 aromatic heterocycles. The lowest BCUT2D eigenvalue weighted by molar-refractivity contribution is 0.414. The van der Waals surface area contributed by atoms with Crippen molar-refractivity contribution in [1.82, 2.24) is 0 Å². The Hall–Kier alpha value is -2.79. The van der Waals surface area contributed by atoms with Gasteiger partial charge in [-0.3, -0.25) is 0 Å². The Balaban J connectivity index is 1.96. The summed E-state index contributed by atoms with van der Waals surface area (Å²) in [5, 5.41) is 0. The lowest BCUT2D eigenvalue weighted by atomic mass is 10.1. The zero-order valence-electron chi connectivity index (χ0n) is 13.0. The van der Waals surface area contributed by atoms with Crippen molar-refractivity contribution in [3.8, 4) is 22.6 Å². The molecule has 3 rings (SSSR count). The van der Waals surface area contributed by atoms with Crippen molar-refractivity contribution in [1.29, 1.82) is 0 Å². The van der Waals surface area contributed by atoms with E-state index in [9.17, 15) is 8.42 Å². The van der Waals surface area contributed by atoms with Gasteiger partial charge in [-0.2, -0.15) is 8.42 Å². The van der Waals surface area contributed by atoms with Crippen LogP contribution in [0.1, 0.15) is 0 Å². The highest BCUT2D eigenvalue weighted by Gasteiger charge is 2.19. The molecule has 0 saturated heterocycles. The average molecular weight is 340 g/mol. The number of methoxy groups -OCH3 is 1. The normalized spacial score (nSPS) is 11.0. The molecule has 0 saturated carbocycles. The molecule has 0 atom stereocenters. The fourth-order valence-corrected chi connectivity index (χ4v) is 3.25. The van der Waals surface area contributed by atoms with Gasteiger partial charge in [0.15, 0.2) is 5.75 Å². The summed E-state index contributed by atoms with van der Waals surface area (Å²) in [7, 11) is -2.40. The van der Waals surface area contributed by atoms with Gasteiger partial charge in [-0.15, -0.1) is 0 Å². The molecule has 0 N–H and O–H groups in total. The van der Waals surface area contributed by atoms with Crippen molar-refractivity contribution < 1.29 is 17.3 Å². The summed E-state index contributed by atoms with van der Waals surface area (Å²) in [6.07, 6.45) is 0. The maximum Gasteiger partial charge on any atom is 0.339 e. The third-order valence-electron chi connectivity index (χ3n) is 3.52. The fourth-order valence-electron chi connectivity index (χ4n) is 2.30. The minimum atomic E-state index is -3.92. The Morgan fingerprint density at radius 2 is 1.38 bits per heavy atom. The van der Waals surface area contributed by atoms with Crippen molar-refractivity contribution in [2.45, 2.75) is 4.90 Å². The third-order valence-corrected chi connectivity index (χ3v) is 4.77. The zero-order valence-corrected chi connectivity index (χ0v) is 13.9. The standard InChI is InChI=1S/C19H16O4S/c1-22-16-11-13-17(14-12-16)24(20,21)23-19-10-6-5-9-18(19)15-7-3-2-4-8-15/h2-14H,1H3. The van der Waals surface area contributed by atoms with E-state index in [-0.39, 0.29) is 4.90 Å². The van der Waals surface area contributed by atoms with E-state index >= 15 is 0 Å². The third kappa shape index (κ3) is 3.41. The number of ether oxygens (including phenoxy) is 1. The van der Waals surface area contributed by atoms with Crippen LogP contribution in [0.3, 0.4) is 0 Å². The fraction of sp³-hybridized carbons (Fsp3) is 0.0526. The molecule has 0 bridgehead atoms. The maximum atomic E-state index is 12.5. The van der Waals surface area contributed by atoms with Gasteiger partial charge in [0.05, 0.1) is 7.11 Å². The summed E-state index contributed by atoms with van der Waals surface area (Å²) in [6, 6.07) is 22.6. The first kappa shape index (κ1) is 16.1. The second-order valence-electron chi connectivity index (χ2n) is 5.08. The first-order valence-corrected chi connectivity index (χ1v) is 8.74. The van der Waals surface area contributed by atoms with E-state index in [1.807, 2.05) is 42.5 Å². The molecule has 0 fully saturated rings. The second kappa shape index (κ2) is 6.76. The molecule has 24 heavy (non-hydrogen) atoms. The monoisotopic (exact) mass is 340 g/mol. The Morgan fingerprint density at radius 3 is 2.04 bits per heavy atom. The first-order valence-electron chi connectivity index (χ1n) is 7.33. The van der Waals surface area contributed by atoms with Gasteiger partial charge in [0.1, 0.15) is 10.6 Å². The first-order chi connectivity index (χ1) is 11.6. The lowest BCUT2D eigenvalue weighted by Gasteiger charge is -2.12. The molecule has 3 aromatic rings. The number of benzene rings is 3. The number of hydrogen-bond donors (Lipinski definition) is 0. The van der Waals surface area contributed by atoms with Crippen molar-refractivity contribution in [2.24, 2.45) is 0 Å². The van der Waals surface area contributed by atoms with Crippen molar-refractivity contribution in [3.05, 3.63) is 78.9 Å². The van der Waals surface area contributed by atoms with Gasteiger partial charge in [0, 0.05) is 5.56 Å². The lowest BCUT2D eigenvalue weighted by Crippen LogP contribution is -2.10. The molecular formula is C19H16O4S. The molecule has 0 heterocycles. The summed E-state index contributed by atoms with van der Waals surface area (Å²) in [5.41, 5.74) is 1.60. The molecule has 0 aliphatic carbocycles. The Labute approximate surface area is 141 Å². The van der Waals surface area contributed by atoms with Gasteiger partial charge >= 0.3 is 10.1 Å². The summed E-state index contributed by atoms with van der Waals surface area (Å²) in [4.78, 5) is 0.0752. The van der Waals surface area contributed by atoms with Crippen LogP contribution in [0, 0.1) is 0 Å². The summed E-state index contributed by atoms with van der Waals surface area (Å²) in [5.74, 6) is 0.873. The van der Waals surface area contributed by atoms with Crippen LogP contribution < -0.4 is 8.92 Å². The van der Waals surface area contributed by atoms with Gasteiger partial charge in [0.25, 0.3) is 0 Å². The van der Waals surface area contributed by atoms with E-state index in [4.69, 9.17) is 8.92 Å². The molecule has 5 heteroatoms. The molecule has 0 amide bonds. The zero-order chi connectivity index (χ0) is 17.0. The number of rotatable bonds is 5. The summed E-state index contributed by atoms with van der Waals surface area (Å²) >= 11 is 0. The van der Waals surface area contributed by atoms with Crippen LogP contribution in [0.4, 0.5) is 0 Å². The van der Waals surface area contributed by atoms with E-state index in [0.717, 1.165) is 11.1 Å². The topological polar surface area (TPSA) is 52.6 Å². The minimum Gasteiger partial charge on any atom is -0.497 e. The Kier molecular flexibility index (Phi) is 4.53. The van der Waals surface area contributed by atoms with Crippen LogP contribution in [0.15, 0.2) is 83.8 Å². The van der Waals surface area contributed by atoms with Gasteiger partial charge in [-0.05, 0) is 35.9 Å². The van der Waals surface area contributed by atoms with E-state index in [2.05, 4.69) is 0 Å². The van der Waals surface area contributed by atoms with Crippen LogP contribution in [0.25, 0.3) is 11.1 Å². The number of para-hydroxylation sites is 1. The van der Waals surface area contributed by atoms with Crippen LogP contribution in [0.2, 0.25) is 0 Å². The highest BCUT2D eigenvalue weighted by molar-refractivity contribution is 7.87. The SMILES string of the molecule is COc1ccc(S(=O)(=O)Oc2ccccc2-c2ccccc2)cc1. The summed E-state index contributed by atoms with van der Waals surface area (Å²) < 4.78 is 35.5. The quantitative estimate of drug-likeness (QED) is 0.655. The minimum absolute atomic E-state index is 0.0752. The molecule has 122 valence electrons. The smallest absolute Gasteiger partial charge is 0.339 e. The van der Waals surface area contributed by atoms with Gasteiger partial charge in [-0.25, -0.2) is 0 Å². The van der Waals surface area contributed by atoms with Crippen LogP contribution in [-0.2, 0) is 10.1 Å². The van der Waals surface area contributed by atoms with Crippen molar-refractivity contribution in [3.63, 3.8) is 0 Å². The molecule has 4 nitrogen and oxygen atoms in total. The highest BCUT2D eigenvalue weighted by Crippen LogP contribution is 2.31. The molecule has 3 aromatic carbocycles. The highest BCUT2D eigenvalue weighted by atomic mass is 32.2. The average Bonchev–Trinajstić information content (AvgIpc) is 2.63. The molecular weight excluding hydrogens is 324 g/mol. The van der Waals surface area contributed by atoms with Crippen LogP contribution in [0.5, 0.6) is 11.5 Å². The van der Waals surface area contributed by atoms with Crippen LogP contribution >= 0.6 is 0 Å². The Morgan fingerprint density at radius 1 is 0.750 bits per heavy atom. The van der Waals surface area contributed by atoms with E-state index in [1.54, 1.807) is 24.3 Å². The van der Waals surface area contributed by atoms with Gasteiger partial charge in [0.2, 0.25) is 0 Å².